The molecule has 1 aliphatic rings. The first-order valence-corrected chi connectivity index (χ1v) is 12.7. The topological polar surface area (TPSA) is 86.7 Å². The van der Waals surface area contributed by atoms with Crippen molar-refractivity contribution in [2.45, 2.75) is 18.0 Å². The van der Waals surface area contributed by atoms with E-state index in [0.717, 1.165) is 16.7 Å². The van der Waals surface area contributed by atoms with Crippen LogP contribution < -0.4 is 5.32 Å². The average Bonchev–Trinajstić information content (AvgIpc) is 3.15. The molecule has 2 N–H and O–H groups in total. The molecule has 0 amide bonds. The zero-order valence-electron chi connectivity index (χ0n) is 19.0. The van der Waals surface area contributed by atoms with Gasteiger partial charge in [-0.15, -0.1) is 12.6 Å². The van der Waals surface area contributed by atoms with E-state index in [-0.39, 0.29) is 12.0 Å². The summed E-state index contributed by atoms with van der Waals surface area (Å²) < 4.78 is 28.3. The number of benzene rings is 3. The number of nitrogens with zero attached hydrogens (tertiary/aromatic N) is 1. The Morgan fingerprint density at radius 2 is 1.67 bits per heavy atom. The quantitative estimate of drug-likeness (QED) is 0.230. The molecule has 0 aliphatic carbocycles. The zero-order valence-corrected chi connectivity index (χ0v) is 20.7. The van der Waals surface area contributed by atoms with E-state index in [2.05, 4.69) is 17.9 Å². The second-order valence-electron chi connectivity index (χ2n) is 8.02. The number of rotatable bonds is 8. The fourth-order valence-corrected chi connectivity index (χ4v) is 5.68. The van der Waals surface area contributed by atoms with Crippen LogP contribution in [0.5, 0.6) is 0 Å². The summed E-state index contributed by atoms with van der Waals surface area (Å²) in [5.41, 5.74) is 1.53. The summed E-state index contributed by atoms with van der Waals surface area (Å²) in [4.78, 5) is 24.2. The third-order valence-electron chi connectivity index (χ3n) is 5.56. The second-order valence-corrected chi connectivity index (χ2v) is 9.87. The number of thiol groups is 1. The normalized spacial score (nSPS) is 19.9. The van der Waals surface area contributed by atoms with Crippen LogP contribution in [0, 0.1) is 5.82 Å². The summed E-state index contributed by atoms with van der Waals surface area (Å²) in [7, 11) is -1.76. The van der Waals surface area contributed by atoms with Crippen LogP contribution in [0.4, 0.5) is 4.39 Å². The molecular weight excluding hydrogens is 499 g/mol. The minimum Gasteiger partial charge on any atom is -0.480 e. The number of nitrogens with one attached hydrogen (secondary N) is 1. The smallest absolute Gasteiger partial charge is 0.322 e. The van der Waals surface area contributed by atoms with Crippen molar-refractivity contribution in [3.8, 4) is 0 Å². The Kier molecular flexibility index (Phi) is 8.14. The van der Waals surface area contributed by atoms with Crippen LogP contribution in [0.15, 0.2) is 90.0 Å². The number of hydrogen-bond donors (Lipinski definition) is 3. The van der Waals surface area contributed by atoms with Gasteiger partial charge in [0.05, 0.1) is 5.56 Å². The van der Waals surface area contributed by atoms with Crippen LogP contribution in [0.2, 0.25) is 0 Å². The molecule has 36 heavy (non-hydrogen) atoms. The van der Waals surface area contributed by atoms with Gasteiger partial charge in [-0.2, -0.15) is 4.31 Å². The van der Waals surface area contributed by atoms with Crippen molar-refractivity contribution in [2.24, 2.45) is 0 Å². The molecule has 0 radical (unpaired) electrons. The molecular formula is C27H23FN2O4S2. The summed E-state index contributed by atoms with van der Waals surface area (Å²) in [5.74, 6) is -2.10. The van der Waals surface area contributed by atoms with Crippen molar-refractivity contribution in [1.82, 2.24) is 9.62 Å². The summed E-state index contributed by atoms with van der Waals surface area (Å²) in [5, 5.41) is 13.1. The predicted molar refractivity (Wildman–Crippen MR) is 142 cm³/mol. The van der Waals surface area contributed by atoms with Crippen LogP contribution in [-0.4, -0.2) is 36.9 Å². The molecule has 3 atom stereocenters. The molecule has 0 spiro atoms. The molecule has 1 unspecified atom stereocenters. The number of halogens is 1. The van der Waals surface area contributed by atoms with Crippen LogP contribution in [0.3, 0.4) is 0 Å². The highest BCUT2D eigenvalue weighted by atomic mass is 32.2. The molecule has 0 saturated carbocycles. The Hall–Kier alpha value is -3.53. The van der Waals surface area contributed by atoms with E-state index in [1.165, 1.54) is 28.6 Å². The first-order valence-electron chi connectivity index (χ1n) is 11.0. The van der Waals surface area contributed by atoms with E-state index in [9.17, 15) is 23.3 Å². The predicted octanol–water partition coefficient (Wildman–Crippen LogP) is 4.50. The molecule has 1 fully saturated rings. The number of carboxylic acid groups (broad SMARTS) is 1. The molecule has 1 aliphatic heterocycles. The Labute approximate surface area is 216 Å². The number of carbonyl (C=O) groups excluding carboxylic acids is 1. The Balaban J connectivity index is 1.47. The van der Waals surface area contributed by atoms with Gasteiger partial charge in [-0.25, -0.2) is 8.60 Å². The lowest BCUT2D eigenvalue weighted by atomic mass is 10.1. The van der Waals surface area contributed by atoms with Gasteiger partial charge < -0.3 is 10.4 Å². The van der Waals surface area contributed by atoms with Gasteiger partial charge in [0.2, 0.25) is 0 Å². The van der Waals surface area contributed by atoms with E-state index < -0.39 is 40.1 Å². The molecule has 3 aromatic rings. The highest BCUT2D eigenvalue weighted by Crippen LogP contribution is 2.27. The number of allylic oxidation sites excluding steroid dienone is 1. The number of carbonyl (C=O) groups is 2. The van der Waals surface area contributed by atoms with Gasteiger partial charge in [-0.1, -0.05) is 72.8 Å². The van der Waals surface area contributed by atoms with Crippen molar-refractivity contribution in [3.63, 3.8) is 0 Å². The van der Waals surface area contributed by atoms with Gasteiger partial charge in [-0.05, 0) is 47.4 Å². The lowest BCUT2D eigenvalue weighted by Gasteiger charge is -2.24. The molecule has 0 aromatic heterocycles. The number of hydrogen-bond acceptors (Lipinski definition) is 5. The zero-order chi connectivity index (χ0) is 25.7. The van der Waals surface area contributed by atoms with Crippen LogP contribution in [0.25, 0.3) is 12.2 Å². The maximum absolute atomic E-state index is 13.8. The monoisotopic (exact) mass is 522 g/mol. The van der Waals surface area contributed by atoms with Crippen LogP contribution in [-0.2, 0) is 22.2 Å². The van der Waals surface area contributed by atoms with Gasteiger partial charge in [0, 0.05) is 0 Å². The number of aliphatic carboxylic acids is 1. The minimum atomic E-state index is -1.76. The fourth-order valence-electron chi connectivity index (χ4n) is 3.72. The van der Waals surface area contributed by atoms with E-state index in [1.54, 1.807) is 42.5 Å². The van der Waals surface area contributed by atoms with E-state index in [0.29, 0.717) is 5.03 Å². The minimum absolute atomic E-state index is 0.00248. The largest absolute Gasteiger partial charge is 0.480 e. The lowest BCUT2D eigenvalue weighted by molar-refractivity contribution is -0.141. The van der Waals surface area contributed by atoms with Crippen molar-refractivity contribution in [2.75, 3.05) is 0 Å². The van der Waals surface area contributed by atoms with Crippen molar-refractivity contribution in [3.05, 3.63) is 118 Å². The molecule has 1 heterocycles. The Bertz CT molecular complexity index is 1340. The maximum Gasteiger partial charge on any atom is 0.322 e. The van der Waals surface area contributed by atoms with Crippen LogP contribution >= 0.6 is 12.6 Å². The van der Waals surface area contributed by atoms with Gasteiger partial charge in [0.25, 0.3) is 0 Å². The fraction of sp³-hybridized carbons (Fsp3) is 0.111. The van der Waals surface area contributed by atoms with Crippen LogP contribution in [0.1, 0.15) is 27.0 Å². The van der Waals surface area contributed by atoms with Crippen molar-refractivity contribution >= 4 is 47.5 Å². The summed E-state index contributed by atoms with van der Waals surface area (Å²) in [6.45, 7) is 0. The highest BCUT2D eigenvalue weighted by Gasteiger charge is 2.41. The molecule has 9 heteroatoms. The van der Waals surface area contributed by atoms with Crippen molar-refractivity contribution in [1.29, 1.82) is 0 Å². The van der Waals surface area contributed by atoms with Gasteiger partial charge >= 0.3 is 5.97 Å². The molecule has 184 valence electrons. The first-order chi connectivity index (χ1) is 17.3. The van der Waals surface area contributed by atoms with Gasteiger partial charge in [0.1, 0.15) is 33.4 Å². The summed E-state index contributed by atoms with van der Waals surface area (Å²) >= 11 is 4.42. The Morgan fingerprint density at radius 3 is 2.33 bits per heavy atom. The standard InChI is InChI=1S/C27H23FN2O4S2/c28-22-9-5-4-8-21(22)24(31)15-14-18-10-12-20(13-11-18)17-25-29-27(35)30(36(25)34)23(26(32)33)16-19-6-2-1-3-7-19/h1-15,17,23,27,29,35H,16H2,(H,32,33)/b15-14+,25-17-/t23-,27-,36?/m0/s1. The third-order valence-corrected chi connectivity index (χ3v) is 7.55. The van der Waals surface area contributed by atoms with Gasteiger partial charge in [0.15, 0.2) is 5.78 Å². The van der Waals surface area contributed by atoms with Gasteiger partial charge in [-0.3, -0.25) is 9.59 Å². The van der Waals surface area contributed by atoms with E-state index >= 15 is 0 Å². The van der Waals surface area contributed by atoms with Crippen molar-refractivity contribution < 1.29 is 23.3 Å². The first kappa shape index (κ1) is 25.6. The molecule has 6 nitrogen and oxygen atoms in total. The van der Waals surface area contributed by atoms with E-state index in [4.69, 9.17) is 0 Å². The molecule has 0 bridgehead atoms. The summed E-state index contributed by atoms with van der Waals surface area (Å²) in [6, 6.07) is 21.0. The molecule has 4 rings (SSSR count). The molecule has 1 saturated heterocycles. The summed E-state index contributed by atoms with van der Waals surface area (Å²) in [6.07, 6.45) is 4.74. The second kappa shape index (κ2) is 11.5. The van der Waals surface area contributed by atoms with E-state index in [1.807, 2.05) is 30.3 Å². The maximum atomic E-state index is 13.8. The Morgan fingerprint density at radius 1 is 1.03 bits per heavy atom. The molecule has 3 aromatic carbocycles. The number of ketones is 1. The highest BCUT2D eigenvalue weighted by molar-refractivity contribution is 7.89. The number of carboxylic acids is 1. The SMILES string of the molecule is O=C(/C=C/c1ccc(/C=C2/N[C@H](S)N([C@@H](Cc3ccccc3)C(=O)O)S2=O)cc1)c1ccccc1F. The lowest BCUT2D eigenvalue weighted by Crippen LogP contribution is -2.45. The third kappa shape index (κ3) is 5.99. The average molecular weight is 523 g/mol.